The fourth-order valence-corrected chi connectivity index (χ4v) is 2.15. The van der Waals surface area contributed by atoms with Crippen molar-refractivity contribution >= 4 is 27.5 Å². The van der Waals surface area contributed by atoms with E-state index in [-0.39, 0.29) is 23.2 Å². The van der Waals surface area contributed by atoms with E-state index in [4.69, 9.17) is 4.74 Å². The summed E-state index contributed by atoms with van der Waals surface area (Å²) in [5.41, 5.74) is 0.177. The van der Waals surface area contributed by atoms with E-state index in [1.807, 2.05) is 13.8 Å². The third-order valence-electron chi connectivity index (χ3n) is 2.81. The Morgan fingerprint density at radius 2 is 2.15 bits per heavy atom. The Bertz CT molecular complexity index is 505. The van der Waals surface area contributed by atoms with E-state index in [9.17, 15) is 14.9 Å². The van der Waals surface area contributed by atoms with Crippen LogP contribution < -0.4 is 0 Å². The van der Waals surface area contributed by atoms with Gasteiger partial charge in [0.05, 0.1) is 17.1 Å². The summed E-state index contributed by atoms with van der Waals surface area (Å²) in [6, 6.07) is 4.13. The molecule has 1 aromatic rings. The van der Waals surface area contributed by atoms with Crippen LogP contribution in [0, 0.1) is 10.1 Å². The summed E-state index contributed by atoms with van der Waals surface area (Å²) in [5.74, 6) is -0.257. The van der Waals surface area contributed by atoms with Crippen LogP contribution in [0.2, 0.25) is 0 Å². The average molecular weight is 345 g/mol. The molecular weight excluding hydrogens is 328 g/mol. The third-order valence-corrected chi connectivity index (χ3v) is 3.50. The van der Waals surface area contributed by atoms with Gasteiger partial charge in [-0.2, -0.15) is 0 Å². The molecular formula is C13H17BrN2O4. The molecule has 0 fully saturated rings. The van der Waals surface area contributed by atoms with Crippen molar-refractivity contribution in [2.75, 3.05) is 20.3 Å². The van der Waals surface area contributed by atoms with Crippen LogP contribution in [0.5, 0.6) is 0 Å². The second kappa shape index (κ2) is 7.35. The van der Waals surface area contributed by atoms with Gasteiger partial charge in [0.2, 0.25) is 0 Å². The molecule has 110 valence electrons. The number of carbonyl (C=O) groups is 1. The molecule has 1 aromatic carbocycles. The molecule has 0 bridgehead atoms. The van der Waals surface area contributed by atoms with Crippen molar-refractivity contribution in [3.05, 3.63) is 38.3 Å². The molecule has 0 radical (unpaired) electrons. The number of benzene rings is 1. The van der Waals surface area contributed by atoms with Crippen LogP contribution in [0.3, 0.4) is 0 Å². The van der Waals surface area contributed by atoms with Gasteiger partial charge in [0, 0.05) is 36.3 Å². The van der Waals surface area contributed by atoms with Crippen molar-refractivity contribution in [1.29, 1.82) is 0 Å². The number of methoxy groups -OCH3 is 1. The molecule has 0 aliphatic carbocycles. The molecule has 0 aliphatic heterocycles. The first-order chi connectivity index (χ1) is 9.38. The molecule has 7 heteroatoms. The normalized spacial score (nSPS) is 10.7. The largest absolute Gasteiger partial charge is 0.383 e. The number of ether oxygens (including phenoxy) is 1. The van der Waals surface area contributed by atoms with Gasteiger partial charge in [-0.15, -0.1) is 0 Å². The number of carbonyl (C=O) groups excluding carboxylic acids is 1. The van der Waals surface area contributed by atoms with Crippen molar-refractivity contribution in [3.63, 3.8) is 0 Å². The summed E-state index contributed by atoms with van der Waals surface area (Å²) in [5, 5.41) is 10.8. The van der Waals surface area contributed by atoms with E-state index in [0.29, 0.717) is 17.6 Å². The van der Waals surface area contributed by atoms with E-state index < -0.39 is 4.92 Å². The first kappa shape index (κ1) is 16.6. The maximum atomic E-state index is 12.5. The van der Waals surface area contributed by atoms with Crippen LogP contribution >= 0.6 is 15.9 Å². The molecule has 1 rings (SSSR count). The number of halogens is 1. The lowest BCUT2D eigenvalue weighted by atomic mass is 10.1. The van der Waals surface area contributed by atoms with Crippen LogP contribution in [0.4, 0.5) is 5.69 Å². The molecule has 0 aliphatic rings. The number of hydrogen-bond donors (Lipinski definition) is 0. The molecule has 0 saturated heterocycles. The second-order valence-electron chi connectivity index (χ2n) is 4.51. The topological polar surface area (TPSA) is 72.7 Å². The minimum atomic E-state index is -0.516. The molecule has 20 heavy (non-hydrogen) atoms. The summed E-state index contributed by atoms with van der Waals surface area (Å²) in [7, 11) is 1.56. The summed E-state index contributed by atoms with van der Waals surface area (Å²) in [6.07, 6.45) is 0. The maximum Gasteiger partial charge on any atom is 0.270 e. The lowest BCUT2D eigenvalue weighted by molar-refractivity contribution is -0.384. The Kier molecular flexibility index (Phi) is 6.09. The van der Waals surface area contributed by atoms with Crippen molar-refractivity contribution in [2.45, 2.75) is 19.9 Å². The standard InChI is InChI=1S/C13H17BrN2O4/c1-9(2)15(6-7-20-3)13(17)11-8-10(16(18)19)4-5-12(11)14/h4-5,8-9H,6-7H2,1-3H3. The van der Waals surface area contributed by atoms with Gasteiger partial charge in [0.25, 0.3) is 11.6 Å². The molecule has 1 amide bonds. The zero-order valence-corrected chi connectivity index (χ0v) is 13.2. The highest BCUT2D eigenvalue weighted by molar-refractivity contribution is 9.10. The zero-order valence-electron chi connectivity index (χ0n) is 11.6. The van der Waals surface area contributed by atoms with Crippen LogP contribution in [0.1, 0.15) is 24.2 Å². The molecule has 0 unspecified atom stereocenters. The summed E-state index contributed by atoms with van der Waals surface area (Å²) in [4.78, 5) is 24.4. The van der Waals surface area contributed by atoms with Gasteiger partial charge in [-0.1, -0.05) is 0 Å². The monoisotopic (exact) mass is 344 g/mol. The minimum Gasteiger partial charge on any atom is -0.383 e. The van der Waals surface area contributed by atoms with Gasteiger partial charge in [-0.25, -0.2) is 0 Å². The molecule has 0 heterocycles. The molecule has 0 saturated carbocycles. The van der Waals surface area contributed by atoms with Crippen LogP contribution in [-0.2, 0) is 4.74 Å². The number of hydrogen-bond acceptors (Lipinski definition) is 4. The van der Waals surface area contributed by atoms with Crippen molar-refractivity contribution in [2.24, 2.45) is 0 Å². The fraction of sp³-hybridized carbons (Fsp3) is 0.462. The van der Waals surface area contributed by atoms with Crippen LogP contribution in [0.15, 0.2) is 22.7 Å². The minimum absolute atomic E-state index is 0.0242. The summed E-state index contributed by atoms with van der Waals surface area (Å²) >= 11 is 3.26. The van der Waals surface area contributed by atoms with Gasteiger partial charge in [-0.3, -0.25) is 14.9 Å². The SMILES string of the molecule is COCCN(C(=O)c1cc([N+](=O)[O-])ccc1Br)C(C)C. The Balaban J connectivity index is 3.10. The number of non-ortho nitro benzene ring substituents is 1. The van der Waals surface area contributed by atoms with Crippen LogP contribution in [0.25, 0.3) is 0 Å². The molecule has 0 spiro atoms. The number of nitro benzene ring substituents is 1. The van der Waals surface area contributed by atoms with E-state index in [1.54, 1.807) is 12.0 Å². The van der Waals surface area contributed by atoms with Crippen molar-refractivity contribution < 1.29 is 14.5 Å². The maximum absolute atomic E-state index is 12.5. The Morgan fingerprint density at radius 3 is 2.65 bits per heavy atom. The Morgan fingerprint density at radius 1 is 1.50 bits per heavy atom. The van der Waals surface area contributed by atoms with E-state index in [2.05, 4.69) is 15.9 Å². The zero-order chi connectivity index (χ0) is 15.3. The lowest BCUT2D eigenvalue weighted by Gasteiger charge is -2.26. The first-order valence-corrected chi connectivity index (χ1v) is 6.91. The average Bonchev–Trinajstić information content (AvgIpc) is 2.38. The van der Waals surface area contributed by atoms with Gasteiger partial charge in [0.15, 0.2) is 0 Å². The van der Waals surface area contributed by atoms with Gasteiger partial charge < -0.3 is 9.64 Å². The Labute approximate surface area is 126 Å². The smallest absolute Gasteiger partial charge is 0.270 e. The molecule has 0 N–H and O–H groups in total. The van der Waals surface area contributed by atoms with E-state index >= 15 is 0 Å². The number of amides is 1. The van der Waals surface area contributed by atoms with Gasteiger partial charge in [-0.05, 0) is 35.8 Å². The highest BCUT2D eigenvalue weighted by Gasteiger charge is 2.22. The predicted octanol–water partition coefficient (Wildman–Crippen LogP) is 2.85. The summed E-state index contributed by atoms with van der Waals surface area (Å²) in [6.45, 7) is 4.62. The van der Waals surface area contributed by atoms with E-state index in [1.165, 1.54) is 18.2 Å². The highest BCUT2D eigenvalue weighted by atomic mass is 79.9. The van der Waals surface area contributed by atoms with E-state index in [0.717, 1.165) is 0 Å². The number of rotatable bonds is 6. The third kappa shape index (κ3) is 4.01. The summed E-state index contributed by atoms with van der Waals surface area (Å²) < 4.78 is 5.52. The number of nitro groups is 1. The molecule has 0 aromatic heterocycles. The Hall–Kier alpha value is -1.47. The van der Waals surface area contributed by atoms with Crippen molar-refractivity contribution in [3.8, 4) is 0 Å². The van der Waals surface area contributed by atoms with Gasteiger partial charge in [0.1, 0.15) is 0 Å². The molecule has 0 atom stereocenters. The quantitative estimate of drug-likeness (QED) is 0.587. The first-order valence-electron chi connectivity index (χ1n) is 6.12. The number of nitrogens with zero attached hydrogens (tertiary/aromatic N) is 2. The van der Waals surface area contributed by atoms with Crippen LogP contribution in [-0.4, -0.2) is 42.0 Å². The van der Waals surface area contributed by atoms with Gasteiger partial charge >= 0.3 is 0 Å². The lowest BCUT2D eigenvalue weighted by Crippen LogP contribution is -2.39. The predicted molar refractivity (Wildman–Crippen MR) is 78.8 cm³/mol. The highest BCUT2D eigenvalue weighted by Crippen LogP contribution is 2.24. The fourth-order valence-electron chi connectivity index (χ4n) is 1.73. The van der Waals surface area contributed by atoms with Crippen molar-refractivity contribution in [1.82, 2.24) is 4.90 Å². The molecule has 6 nitrogen and oxygen atoms in total. The second-order valence-corrected chi connectivity index (χ2v) is 5.36.